The maximum atomic E-state index is 13.3. The summed E-state index contributed by atoms with van der Waals surface area (Å²) in [7, 11) is 0.989. The third-order valence-corrected chi connectivity index (χ3v) is 3.27. The van der Waals surface area contributed by atoms with E-state index < -0.39 is 46.1 Å². The SMILES string of the molecule is COC(=O)c1ccc(-c2ccccc2C(F)(F)F)c(C(F)(F)F)c1. The number of hydrogen-bond donors (Lipinski definition) is 0. The van der Waals surface area contributed by atoms with E-state index in [1.807, 2.05) is 0 Å². The van der Waals surface area contributed by atoms with Crippen LogP contribution in [0, 0.1) is 0 Å². The first-order valence-electron chi connectivity index (χ1n) is 6.52. The normalized spacial score (nSPS) is 12.1. The van der Waals surface area contributed by atoms with Crippen molar-refractivity contribution >= 4 is 5.97 Å². The van der Waals surface area contributed by atoms with Gasteiger partial charge in [-0.15, -0.1) is 0 Å². The highest BCUT2D eigenvalue weighted by atomic mass is 19.4. The Morgan fingerprint density at radius 2 is 1.38 bits per heavy atom. The minimum Gasteiger partial charge on any atom is -0.465 e. The molecule has 0 heterocycles. The van der Waals surface area contributed by atoms with Crippen LogP contribution in [0.4, 0.5) is 26.3 Å². The lowest BCUT2D eigenvalue weighted by Gasteiger charge is -2.18. The second kappa shape index (κ2) is 6.18. The van der Waals surface area contributed by atoms with Crippen LogP contribution in [-0.4, -0.2) is 13.1 Å². The predicted octanol–water partition coefficient (Wildman–Crippen LogP) is 5.18. The van der Waals surface area contributed by atoms with E-state index in [4.69, 9.17) is 0 Å². The fraction of sp³-hybridized carbons (Fsp3) is 0.188. The quantitative estimate of drug-likeness (QED) is 0.552. The first kappa shape index (κ1) is 17.8. The topological polar surface area (TPSA) is 26.3 Å². The summed E-state index contributed by atoms with van der Waals surface area (Å²) < 4.78 is 83.4. The molecule has 24 heavy (non-hydrogen) atoms. The minimum absolute atomic E-state index is 0.405. The molecule has 0 saturated heterocycles. The number of ether oxygens (including phenoxy) is 1. The molecule has 0 N–H and O–H groups in total. The molecule has 2 aromatic rings. The van der Waals surface area contributed by atoms with Crippen molar-refractivity contribution < 1.29 is 35.9 Å². The molecule has 0 aliphatic carbocycles. The van der Waals surface area contributed by atoms with Crippen molar-refractivity contribution in [2.24, 2.45) is 0 Å². The van der Waals surface area contributed by atoms with E-state index >= 15 is 0 Å². The van der Waals surface area contributed by atoms with Crippen LogP contribution in [0.5, 0.6) is 0 Å². The summed E-state index contributed by atoms with van der Waals surface area (Å²) in [5.41, 5.74) is -4.22. The Balaban J connectivity index is 2.75. The van der Waals surface area contributed by atoms with Gasteiger partial charge in [-0.3, -0.25) is 0 Å². The fourth-order valence-electron chi connectivity index (χ4n) is 2.22. The summed E-state index contributed by atoms with van der Waals surface area (Å²) in [6, 6.07) is 6.24. The highest BCUT2D eigenvalue weighted by Crippen LogP contribution is 2.42. The summed E-state index contributed by atoms with van der Waals surface area (Å²) in [5, 5.41) is 0. The molecule has 0 aliphatic rings. The second-order valence-electron chi connectivity index (χ2n) is 4.79. The molecular formula is C16H10F6O2. The molecule has 128 valence electrons. The number of carbonyl (C=O) groups is 1. The lowest BCUT2D eigenvalue weighted by atomic mass is 9.93. The maximum Gasteiger partial charge on any atom is 0.417 e. The van der Waals surface area contributed by atoms with E-state index in [1.165, 1.54) is 6.07 Å². The van der Waals surface area contributed by atoms with Crippen LogP contribution in [0.1, 0.15) is 21.5 Å². The van der Waals surface area contributed by atoms with Crippen molar-refractivity contribution in [3.8, 4) is 11.1 Å². The highest BCUT2D eigenvalue weighted by molar-refractivity contribution is 5.91. The van der Waals surface area contributed by atoms with Crippen LogP contribution in [-0.2, 0) is 17.1 Å². The average molecular weight is 348 g/mol. The van der Waals surface area contributed by atoms with Gasteiger partial charge in [0, 0.05) is 0 Å². The molecule has 2 rings (SSSR count). The monoisotopic (exact) mass is 348 g/mol. The van der Waals surface area contributed by atoms with Gasteiger partial charge in [0.2, 0.25) is 0 Å². The van der Waals surface area contributed by atoms with Crippen LogP contribution in [0.2, 0.25) is 0 Å². The largest absolute Gasteiger partial charge is 0.465 e. The highest BCUT2D eigenvalue weighted by Gasteiger charge is 2.38. The molecular weight excluding hydrogens is 338 g/mol. The van der Waals surface area contributed by atoms with E-state index in [1.54, 1.807) is 0 Å². The van der Waals surface area contributed by atoms with Gasteiger partial charge in [-0.05, 0) is 29.3 Å². The number of hydrogen-bond acceptors (Lipinski definition) is 2. The Kier molecular flexibility index (Phi) is 4.59. The van der Waals surface area contributed by atoms with Crippen molar-refractivity contribution in [2.45, 2.75) is 12.4 Å². The van der Waals surface area contributed by atoms with E-state index in [-0.39, 0.29) is 0 Å². The smallest absolute Gasteiger partial charge is 0.417 e. The summed E-state index contributed by atoms with van der Waals surface area (Å²) in [4.78, 5) is 11.4. The van der Waals surface area contributed by atoms with Gasteiger partial charge < -0.3 is 4.74 Å². The number of rotatable bonds is 2. The van der Waals surface area contributed by atoms with Gasteiger partial charge in [-0.1, -0.05) is 24.3 Å². The Morgan fingerprint density at radius 1 is 0.833 bits per heavy atom. The lowest BCUT2D eigenvalue weighted by molar-refractivity contribution is -0.139. The second-order valence-corrected chi connectivity index (χ2v) is 4.79. The molecule has 0 bridgehead atoms. The molecule has 0 unspecified atom stereocenters. The number of esters is 1. The van der Waals surface area contributed by atoms with Gasteiger partial charge in [-0.2, -0.15) is 26.3 Å². The van der Waals surface area contributed by atoms with E-state index in [0.29, 0.717) is 12.1 Å². The molecule has 2 aromatic carbocycles. The van der Waals surface area contributed by atoms with E-state index in [2.05, 4.69) is 4.74 Å². The molecule has 8 heteroatoms. The Labute approximate surface area is 132 Å². The first-order chi connectivity index (χ1) is 11.1. The average Bonchev–Trinajstić information content (AvgIpc) is 2.52. The number of methoxy groups -OCH3 is 1. The number of carbonyl (C=O) groups excluding carboxylic acids is 1. The molecule has 2 nitrogen and oxygen atoms in total. The van der Waals surface area contributed by atoms with Crippen molar-refractivity contribution in [1.82, 2.24) is 0 Å². The summed E-state index contributed by atoms with van der Waals surface area (Å²) in [5.74, 6) is -1.02. The van der Waals surface area contributed by atoms with Crippen molar-refractivity contribution in [3.05, 3.63) is 59.2 Å². The number of alkyl halides is 6. The van der Waals surface area contributed by atoms with Crippen LogP contribution >= 0.6 is 0 Å². The molecule has 0 amide bonds. The third kappa shape index (κ3) is 3.52. The van der Waals surface area contributed by atoms with Gasteiger partial charge in [0.05, 0.1) is 23.8 Å². The first-order valence-corrected chi connectivity index (χ1v) is 6.52. The standard InChI is InChI=1S/C16H10F6O2/c1-24-14(23)9-6-7-11(13(8-9)16(20,21)22)10-4-2-3-5-12(10)15(17,18)19/h2-8H,1H3. The molecule has 0 spiro atoms. The molecule has 0 saturated carbocycles. The summed E-state index contributed by atoms with van der Waals surface area (Å²) in [6.07, 6.45) is -9.77. The van der Waals surface area contributed by atoms with Crippen LogP contribution < -0.4 is 0 Å². The summed E-state index contributed by atoms with van der Waals surface area (Å²) in [6.45, 7) is 0. The van der Waals surface area contributed by atoms with Crippen molar-refractivity contribution in [2.75, 3.05) is 7.11 Å². The van der Waals surface area contributed by atoms with Crippen LogP contribution in [0.15, 0.2) is 42.5 Å². The van der Waals surface area contributed by atoms with E-state index in [9.17, 15) is 31.1 Å². The molecule has 0 aromatic heterocycles. The lowest BCUT2D eigenvalue weighted by Crippen LogP contribution is -2.13. The zero-order chi connectivity index (χ0) is 18.1. The minimum atomic E-state index is -4.95. The van der Waals surface area contributed by atoms with Gasteiger partial charge >= 0.3 is 18.3 Å². The molecule has 0 atom stereocenters. The Bertz CT molecular complexity index is 762. The fourth-order valence-corrected chi connectivity index (χ4v) is 2.22. The zero-order valence-corrected chi connectivity index (χ0v) is 12.1. The van der Waals surface area contributed by atoms with Gasteiger partial charge in [-0.25, -0.2) is 4.79 Å². The molecule has 0 aliphatic heterocycles. The van der Waals surface area contributed by atoms with Crippen LogP contribution in [0.3, 0.4) is 0 Å². The zero-order valence-electron chi connectivity index (χ0n) is 12.1. The van der Waals surface area contributed by atoms with Crippen molar-refractivity contribution in [3.63, 3.8) is 0 Å². The third-order valence-electron chi connectivity index (χ3n) is 3.27. The molecule has 0 fully saturated rings. The maximum absolute atomic E-state index is 13.3. The number of halogens is 6. The van der Waals surface area contributed by atoms with Gasteiger partial charge in [0.1, 0.15) is 0 Å². The van der Waals surface area contributed by atoms with E-state index in [0.717, 1.165) is 31.4 Å². The molecule has 0 radical (unpaired) electrons. The number of benzene rings is 2. The predicted molar refractivity (Wildman–Crippen MR) is 73.2 cm³/mol. The van der Waals surface area contributed by atoms with Gasteiger partial charge in [0.15, 0.2) is 0 Å². The van der Waals surface area contributed by atoms with Crippen molar-refractivity contribution in [1.29, 1.82) is 0 Å². The Morgan fingerprint density at radius 3 is 1.92 bits per heavy atom. The Hall–Kier alpha value is -2.51. The van der Waals surface area contributed by atoms with Gasteiger partial charge in [0.25, 0.3) is 0 Å². The van der Waals surface area contributed by atoms with Crippen LogP contribution in [0.25, 0.3) is 11.1 Å². The summed E-state index contributed by atoms with van der Waals surface area (Å²) >= 11 is 0.